The van der Waals surface area contributed by atoms with Gasteiger partial charge in [-0.15, -0.1) is 0 Å². The number of hydrogen-bond donors (Lipinski definition) is 4. The number of aliphatic hydroxyl groups is 1. The number of aryl methyl sites for hydroxylation is 1. The van der Waals surface area contributed by atoms with Gasteiger partial charge in [-0.2, -0.15) is 0 Å². The van der Waals surface area contributed by atoms with Crippen molar-refractivity contribution in [3.63, 3.8) is 0 Å². The monoisotopic (exact) mass is 252 g/mol. The highest BCUT2D eigenvalue weighted by atomic mass is 16.4. The number of aromatic nitrogens is 1. The molecule has 0 aliphatic heterocycles. The molecule has 100 valence electrons. The van der Waals surface area contributed by atoms with Gasteiger partial charge in [0, 0.05) is 24.0 Å². The number of aromatic carboxylic acids is 1. The Kier molecular flexibility index (Phi) is 4.04. The molecule has 18 heavy (non-hydrogen) atoms. The van der Waals surface area contributed by atoms with Crippen molar-refractivity contribution in [2.75, 3.05) is 0 Å². The molecule has 1 aromatic rings. The van der Waals surface area contributed by atoms with Crippen LogP contribution in [0.15, 0.2) is 6.07 Å². The smallest absolute Gasteiger partial charge is 0.337 e. The molecule has 1 fully saturated rings. The molecule has 0 radical (unpaired) electrons. The summed E-state index contributed by atoms with van der Waals surface area (Å²) in [6.07, 6.45) is 3.77. The number of H-pyrrole nitrogens is 1. The van der Waals surface area contributed by atoms with Crippen LogP contribution >= 0.6 is 0 Å². The molecule has 0 amide bonds. The van der Waals surface area contributed by atoms with Crippen LogP contribution in [0.5, 0.6) is 0 Å². The SMILES string of the molecule is Cc1[nH]c(CNC2CCCCC2O)cc1C(=O)O. The van der Waals surface area contributed by atoms with Crippen molar-refractivity contribution in [1.29, 1.82) is 0 Å². The van der Waals surface area contributed by atoms with Crippen molar-refractivity contribution in [1.82, 2.24) is 10.3 Å². The van der Waals surface area contributed by atoms with Crippen molar-refractivity contribution in [3.8, 4) is 0 Å². The van der Waals surface area contributed by atoms with Crippen LogP contribution in [0.3, 0.4) is 0 Å². The van der Waals surface area contributed by atoms with E-state index in [1.165, 1.54) is 0 Å². The van der Waals surface area contributed by atoms with E-state index in [1.54, 1.807) is 13.0 Å². The lowest BCUT2D eigenvalue weighted by atomic mass is 9.92. The van der Waals surface area contributed by atoms with Crippen molar-refractivity contribution >= 4 is 5.97 Å². The van der Waals surface area contributed by atoms with Gasteiger partial charge in [0.15, 0.2) is 0 Å². The van der Waals surface area contributed by atoms with Gasteiger partial charge in [-0.25, -0.2) is 4.79 Å². The van der Waals surface area contributed by atoms with Crippen LogP contribution in [0.25, 0.3) is 0 Å². The number of carbonyl (C=O) groups is 1. The Morgan fingerprint density at radius 3 is 2.83 bits per heavy atom. The average Bonchev–Trinajstić information content (AvgIpc) is 2.70. The number of carboxylic acids is 1. The Hall–Kier alpha value is -1.33. The summed E-state index contributed by atoms with van der Waals surface area (Å²) in [7, 11) is 0. The summed E-state index contributed by atoms with van der Waals surface area (Å²) >= 11 is 0. The van der Waals surface area contributed by atoms with E-state index < -0.39 is 5.97 Å². The summed E-state index contributed by atoms with van der Waals surface area (Å²) in [5.74, 6) is -0.910. The maximum Gasteiger partial charge on any atom is 0.337 e. The third-order valence-electron chi connectivity index (χ3n) is 3.59. The van der Waals surface area contributed by atoms with Crippen molar-refractivity contribution < 1.29 is 15.0 Å². The minimum absolute atomic E-state index is 0.121. The van der Waals surface area contributed by atoms with E-state index in [-0.39, 0.29) is 12.1 Å². The molecule has 2 rings (SSSR count). The molecule has 0 aromatic carbocycles. The molecule has 5 nitrogen and oxygen atoms in total. The molecule has 2 atom stereocenters. The van der Waals surface area contributed by atoms with Crippen LogP contribution in [-0.2, 0) is 6.54 Å². The van der Waals surface area contributed by atoms with E-state index in [1.807, 2.05) is 0 Å². The third kappa shape index (κ3) is 2.91. The molecule has 1 saturated carbocycles. The topological polar surface area (TPSA) is 85.4 Å². The number of nitrogens with one attached hydrogen (secondary N) is 2. The summed E-state index contributed by atoms with van der Waals surface area (Å²) in [5, 5.41) is 22.1. The number of rotatable bonds is 4. The highest BCUT2D eigenvalue weighted by Crippen LogP contribution is 2.19. The summed E-state index contributed by atoms with van der Waals surface area (Å²) in [5.41, 5.74) is 1.84. The predicted octanol–water partition coefficient (Wildman–Crippen LogP) is 1.41. The standard InChI is InChI=1S/C13H20N2O3/c1-8-10(13(17)18)6-9(15-8)7-14-11-4-2-3-5-12(11)16/h6,11-12,14-16H,2-5,7H2,1H3,(H,17,18). The van der Waals surface area contributed by atoms with Gasteiger partial charge in [-0.05, 0) is 25.8 Å². The Balaban J connectivity index is 1.93. The second-order valence-electron chi connectivity index (χ2n) is 4.98. The lowest BCUT2D eigenvalue weighted by molar-refractivity contribution is 0.0696. The van der Waals surface area contributed by atoms with Gasteiger partial charge in [-0.3, -0.25) is 0 Å². The molecule has 2 unspecified atom stereocenters. The molecule has 0 bridgehead atoms. The fraction of sp³-hybridized carbons (Fsp3) is 0.615. The predicted molar refractivity (Wildman–Crippen MR) is 67.6 cm³/mol. The molecule has 1 heterocycles. The molecule has 0 saturated heterocycles. The molecule has 1 aliphatic rings. The normalized spacial score (nSPS) is 24.1. The first-order valence-corrected chi connectivity index (χ1v) is 6.41. The van der Waals surface area contributed by atoms with Gasteiger partial charge < -0.3 is 20.5 Å². The quantitative estimate of drug-likeness (QED) is 0.653. The van der Waals surface area contributed by atoms with Crippen LogP contribution in [0.2, 0.25) is 0 Å². The Morgan fingerprint density at radius 1 is 1.50 bits per heavy atom. The number of aliphatic hydroxyl groups excluding tert-OH is 1. The molecule has 5 heteroatoms. The van der Waals surface area contributed by atoms with Crippen molar-refractivity contribution in [2.24, 2.45) is 0 Å². The number of aromatic amines is 1. The fourth-order valence-electron chi connectivity index (χ4n) is 2.53. The first-order chi connectivity index (χ1) is 8.58. The maximum absolute atomic E-state index is 10.9. The second-order valence-corrected chi connectivity index (χ2v) is 4.98. The Morgan fingerprint density at radius 2 is 2.22 bits per heavy atom. The lowest BCUT2D eigenvalue weighted by Crippen LogP contribution is -2.41. The van der Waals surface area contributed by atoms with Gasteiger partial charge >= 0.3 is 5.97 Å². The summed E-state index contributed by atoms with van der Waals surface area (Å²) in [6.45, 7) is 2.32. The highest BCUT2D eigenvalue weighted by Gasteiger charge is 2.22. The maximum atomic E-state index is 10.9. The van der Waals surface area contributed by atoms with Gasteiger partial charge in [0.25, 0.3) is 0 Å². The van der Waals surface area contributed by atoms with E-state index in [0.717, 1.165) is 31.4 Å². The largest absolute Gasteiger partial charge is 0.478 e. The highest BCUT2D eigenvalue weighted by molar-refractivity contribution is 5.89. The summed E-state index contributed by atoms with van der Waals surface area (Å²) < 4.78 is 0. The van der Waals surface area contributed by atoms with Gasteiger partial charge in [-0.1, -0.05) is 12.8 Å². The molecule has 1 aromatic heterocycles. The zero-order valence-corrected chi connectivity index (χ0v) is 10.6. The summed E-state index contributed by atoms with van der Waals surface area (Å²) in [6, 6.07) is 1.77. The van der Waals surface area contributed by atoms with Gasteiger partial charge in [0.1, 0.15) is 0 Å². The van der Waals surface area contributed by atoms with E-state index in [0.29, 0.717) is 17.8 Å². The Labute approximate surface area is 106 Å². The van der Waals surface area contributed by atoms with Crippen molar-refractivity contribution in [2.45, 2.75) is 51.3 Å². The van der Waals surface area contributed by atoms with Gasteiger partial charge in [0.2, 0.25) is 0 Å². The second kappa shape index (κ2) is 5.54. The van der Waals surface area contributed by atoms with Crippen LogP contribution < -0.4 is 5.32 Å². The minimum atomic E-state index is -0.910. The van der Waals surface area contributed by atoms with E-state index >= 15 is 0 Å². The molecule has 4 N–H and O–H groups in total. The molecular weight excluding hydrogens is 232 g/mol. The minimum Gasteiger partial charge on any atom is -0.478 e. The van der Waals surface area contributed by atoms with Crippen LogP contribution in [0, 0.1) is 6.92 Å². The number of carboxylic acid groups (broad SMARTS) is 1. The molecule has 1 aliphatic carbocycles. The summed E-state index contributed by atoms with van der Waals surface area (Å²) in [4.78, 5) is 14.0. The average molecular weight is 252 g/mol. The zero-order chi connectivity index (χ0) is 13.1. The molecule has 0 spiro atoms. The number of hydrogen-bond acceptors (Lipinski definition) is 3. The fourth-order valence-corrected chi connectivity index (χ4v) is 2.53. The molecular formula is C13H20N2O3. The zero-order valence-electron chi connectivity index (χ0n) is 10.6. The van der Waals surface area contributed by atoms with Crippen LogP contribution in [0.1, 0.15) is 47.4 Å². The third-order valence-corrected chi connectivity index (χ3v) is 3.59. The lowest BCUT2D eigenvalue weighted by Gasteiger charge is -2.28. The van der Waals surface area contributed by atoms with Crippen LogP contribution in [0.4, 0.5) is 0 Å². The Bertz CT molecular complexity index is 428. The van der Waals surface area contributed by atoms with Crippen molar-refractivity contribution in [3.05, 3.63) is 23.0 Å². The van der Waals surface area contributed by atoms with E-state index in [9.17, 15) is 9.90 Å². The van der Waals surface area contributed by atoms with Crippen LogP contribution in [-0.4, -0.2) is 33.3 Å². The van der Waals surface area contributed by atoms with E-state index in [2.05, 4.69) is 10.3 Å². The van der Waals surface area contributed by atoms with E-state index in [4.69, 9.17) is 5.11 Å². The first kappa shape index (κ1) is 13.1. The first-order valence-electron chi connectivity index (χ1n) is 6.41. The van der Waals surface area contributed by atoms with Gasteiger partial charge in [0.05, 0.1) is 11.7 Å².